The van der Waals surface area contributed by atoms with Crippen molar-refractivity contribution in [2.75, 3.05) is 37.9 Å². The number of benzene rings is 1. The van der Waals surface area contributed by atoms with E-state index in [2.05, 4.69) is 0 Å². The van der Waals surface area contributed by atoms with Crippen molar-refractivity contribution in [3.8, 4) is 11.5 Å². The van der Waals surface area contributed by atoms with Crippen molar-refractivity contribution in [3.63, 3.8) is 0 Å². The SMILES string of the molecule is O=C1C(=O)N(C[NH+]2CCC[C@H](O)C2)c2cc3c(cc21)OCCO3. The predicted molar refractivity (Wildman–Crippen MR) is 80.1 cm³/mol. The van der Waals surface area contributed by atoms with E-state index < -0.39 is 11.7 Å². The number of amides is 1. The van der Waals surface area contributed by atoms with Crippen molar-refractivity contribution in [2.24, 2.45) is 0 Å². The third kappa shape index (κ3) is 2.46. The lowest BCUT2D eigenvalue weighted by Crippen LogP contribution is -3.15. The Morgan fingerprint density at radius 2 is 1.96 bits per heavy atom. The molecule has 1 saturated heterocycles. The minimum absolute atomic E-state index is 0.341. The van der Waals surface area contributed by atoms with Crippen LogP contribution in [0.25, 0.3) is 0 Å². The molecule has 0 spiro atoms. The molecule has 3 aliphatic rings. The first kappa shape index (κ1) is 14.5. The Morgan fingerprint density at radius 3 is 2.70 bits per heavy atom. The van der Waals surface area contributed by atoms with E-state index in [1.165, 1.54) is 4.90 Å². The molecule has 0 radical (unpaired) electrons. The fraction of sp³-hybridized carbons (Fsp3) is 0.500. The Hall–Kier alpha value is -2.12. The van der Waals surface area contributed by atoms with Gasteiger partial charge in [0.1, 0.15) is 25.9 Å². The van der Waals surface area contributed by atoms with Gasteiger partial charge in [0, 0.05) is 6.07 Å². The van der Waals surface area contributed by atoms with Crippen LogP contribution < -0.4 is 19.3 Å². The summed E-state index contributed by atoms with van der Waals surface area (Å²) in [5.41, 5.74) is 0.952. The quantitative estimate of drug-likeness (QED) is 0.683. The zero-order valence-corrected chi connectivity index (χ0v) is 12.7. The van der Waals surface area contributed by atoms with Gasteiger partial charge in [0.25, 0.3) is 5.78 Å². The van der Waals surface area contributed by atoms with Crippen LogP contribution in [0.2, 0.25) is 0 Å². The van der Waals surface area contributed by atoms with Gasteiger partial charge in [-0.05, 0) is 18.9 Å². The van der Waals surface area contributed by atoms with Crippen LogP contribution in [-0.4, -0.2) is 55.9 Å². The molecule has 0 aromatic heterocycles. The highest BCUT2D eigenvalue weighted by Crippen LogP contribution is 2.40. The number of ketones is 1. The van der Waals surface area contributed by atoms with E-state index in [0.29, 0.717) is 49.2 Å². The summed E-state index contributed by atoms with van der Waals surface area (Å²) in [6, 6.07) is 3.32. The lowest BCUT2D eigenvalue weighted by Gasteiger charge is -2.30. The van der Waals surface area contributed by atoms with Gasteiger partial charge in [-0.2, -0.15) is 0 Å². The maximum atomic E-state index is 12.4. The molecule has 1 fully saturated rings. The number of hydrogen-bond acceptors (Lipinski definition) is 5. The summed E-state index contributed by atoms with van der Waals surface area (Å²) in [6.07, 6.45) is 1.37. The molecule has 23 heavy (non-hydrogen) atoms. The van der Waals surface area contributed by atoms with Crippen LogP contribution in [0.4, 0.5) is 5.69 Å². The number of carbonyl (C=O) groups is 2. The highest BCUT2D eigenvalue weighted by atomic mass is 16.6. The molecule has 122 valence electrons. The highest BCUT2D eigenvalue weighted by Gasteiger charge is 2.40. The number of quaternary nitrogens is 1. The average molecular weight is 319 g/mol. The van der Waals surface area contributed by atoms with Crippen molar-refractivity contribution < 1.29 is 29.1 Å². The number of likely N-dealkylation sites (tertiary alicyclic amines) is 1. The maximum Gasteiger partial charge on any atom is 0.303 e. The molecule has 1 aromatic rings. The molecule has 0 aliphatic carbocycles. The summed E-state index contributed by atoms with van der Waals surface area (Å²) < 4.78 is 11.0. The Balaban J connectivity index is 1.64. The third-order valence-corrected chi connectivity index (χ3v) is 4.61. The van der Waals surface area contributed by atoms with Crippen molar-refractivity contribution in [2.45, 2.75) is 18.9 Å². The first-order valence-electron chi connectivity index (χ1n) is 7.95. The molecule has 7 nitrogen and oxygen atoms in total. The largest absolute Gasteiger partial charge is 0.486 e. The van der Waals surface area contributed by atoms with Gasteiger partial charge < -0.3 is 19.5 Å². The second-order valence-electron chi connectivity index (χ2n) is 6.23. The van der Waals surface area contributed by atoms with Crippen molar-refractivity contribution in [1.29, 1.82) is 0 Å². The topological polar surface area (TPSA) is 80.5 Å². The fourth-order valence-corrected chi connectivity index (χ4v) is 3.48. The lowest BCUT2D eigenvalue weighted by atomic mass is 10.1. The van der Waals surface area contributed by atoms with Crippen molar-refractivity contribution in [1.82, 2.24) is 0 Å². The van der Waals surface area contributed by atoms with Gasteiger partial charge in [0.05, 0.1) is 17.8 Å². The molecule has 3 aliphatic heterocycles. The lowest BCUT2D eigenvalue weighted by molar-refractivity contribution is -0.907. The number of aliphatic hydroxyl groups is 1. The predicted octanol–water partition coefficient (Wildman–Crippen LogP) is -1.02. The van der Waals surface area contributed by atoms with E-state index in [1.54, 1.807) is 12.1 Å². The summed E-state index contributed by atoms with van der Waals surface area (Å²) in [5, 5.41) is 9.80. The van der Waals surface area contributed by atoms with E-state index in [0.717, 1.165) is 24.3 Å². The third-order valence-electron chi connectivity index (χ3n) is 4.61. The molecular formula is C16H19N2O5+. The monoisotopic (exact) mass is 319 g/mol. The minimum atomic E-state index is -0.519. The maximum absolute atomic E-state index is 12.4. The second-order valence-corrected chi connectivity index (χ2v) is 6.23. The zero-order valence-electron chi connectivity index (χ0n) is 12.7. The van der Waals surface area contributed by atoms with Gasteiger partial charge in [0.15, 0.2) is 18.2 Å². The molecule has 2 N–H and O–H groups in total. The normalized spacial score (nSPS) is 26.4. The van der Waals surface area contributed by atoms with E-state index in [-0.39, 0.29) is 6.10 Å². The zero-order chi connectivity index (χ0) is 16.0. The van der Waals surface area contributed by atoms with Gasteiger partial charge in [0.2, 0.25) is 0 Å². The number of piperidine rings is 1. The van der Waals surface area contributed by atoms with Gasteiger partial charge in [-0.3, -0.25) is 14.5 Å². The first-order chi connectivity index (χ1) is 11.1. The number of ether oxygens (including phenoxy) is 2. The number of anilines is 1. The molecule has 1 aromatic carbocycles. The summed E-state index contributed by atoms with van der Waals surface area (Å²) in [5.74, 6) is 0.0544. The summed E-state index contributed by atoms with van der Waals surface area (Å²) in [7, 11) is 0. The summed E-state index contributed by atoms with van der Waals surface area (Å²) >= 11 is 0. The van der Waals surface area contributed by atoms with Crippen LogP contribution in [0.15, 0.2) is 12.1 Å². The number of Topliss-reactive ketones (excluding diaryl/α,β-unsaturated/α-hetero) is 1. The Kier molecular flexibility index (Phi) is 3.46. The number of carbonyl (C=O) groups excluding carboxylic acids is 2. The molecule has 2 atom stereocenters. The van der Waals surface area contributed by atoms with Crippen LogP contribution in [-0.2, 0) is 4.79 Å². The number of aliphatic hydroxyl groups excluding tert-OH is 1. The molecule has 1 amide bonds. The summed E-state index contributed by atoms with van der Waals surface area (Å²) in [4.78, 5) is 27.2. The number of hydrogen-bond donors (Lipinski definition) is 2. The van der Waals surface area contributed by atoms with Crippen molar-refractivity contribution >= 4 is 17.4 Å². The molecular weight excluding hydrogens is 300 g/mol. The fourth-order valence-electron chi connectivity index (χ4n) is 3.48. The van der Waals surface area contributed by atoms with Gasteiger partial charge in [-0.15, -0.1) is 0 Å². The molecule has 7 heteroatoms. The molecule has 0 saturated carbocycles. The van der Waals surface area contributed by atoms with Crippen LogP contribution in [0.5, 0.6) is 11.5 Å². The Labute approximate surface area is 133 Å². The average Bonchev–Trinajstić information content (AvgIpc) is 2.78. The first-order valence-corrected chi connectivity index (χ1v) is 7.95. The second kappa shape index (κ2) is 5.50. The van der Waals surface area contributed by atoms with Gasteiger partial charge in [-0.25, -0.2) is 0 Å². The number of rotatable bonds is 2. The molecule has 1 unspecified atom stereocenters. The smallest absolute Gasteiger partial charge is 0.303 e. The van der Waals surface area contributed by atoms with Crippen LogP contribution in [0.3, 0.4) is 0 Å². The Bertz CT molecular complexity index is 675. The molecule has 3 heterocycles. The number of fused-ring (bicyclic) bond motifs is 2. The van der Waals surface area contributed by atoms with Gasteiger partial charge in [-0.1, -0.05) is 0 Å². The standard InChI is InChI=1S/C16H18N2O5/c19-10-2-1-3-17(8-10)9-18-12-7-14-13(22-4-5-23-14)6-11(12)15(20)16(18)21/h6-7,10,19H,1-5,8-9H2/p+1/t10-/m0/s1. The van der Waals surface area contributed by atoms with E-state index >= 15 is 0 Å². The minimum Gasteiger partial charge on any atom is -0.486 e. The van der Waals surface area contributed by atoms with Crippen LogP contribution in [0, 0.1) is 0 Å². The van der Waals surface area contributed by atoms with Gasteiger partial charge >= 0.3 is 5.91 Å². The van der Waals surface area contributed by atoms with E-state index in [9.17, 15) is 14.7 Å². The Morgan fingerprint density at radius 1 is 1.22 bits per heavy atom. The number of nitrogens with one attached hydrogen (secondary N) is 1. The van der Waals surface area contributed by atoms with Crippen LogP contribution in [0.1, 0.15) is 23.2 Å². The number of nitrogens with zero attached hydrogens (tertiary/aromatic N) is 1. The van der Waals surface area contributed by atoms with E-state index in [1.807, 2.05) is 0 Å². The van der Waals surface area contributed by atoms with Crippen molar-refractivity contribution in [3.05, 3.63) is 17.7 Å². The molecule has 0 bridgehead atoms. The molecule has 4 rings (SSSR count). The highest BCUT2D eigenvalue weighted by molar-refractivity contribution is 6.52. The summed E-state index contributed by atoms with van der Waals surface area (Å²) in [6.45, 7) is 2.76. The van der Waals surface area contributed by atoms with E-state index in [4.69, 9.17) is 9.47 Å². The van der Waals surface area contributed by atoms with Crippen LogP contribution >= 0.6 is 0 Å².